The van der Waals surface area contributed by atoms with Gasteiger partial charge in [0.2, 0.25) is 0 Å². The molecule has 1 aromatic heterocycles. The summed E-state index contributed by atoms with van der Waals surface area (Å²) in [6.45, 7) is 5.60. The molecule has 0 radical (unpaired) electrons. The van der Waals surface area contributed by atoms with Crippen LogP contribution in [0.3, 0.4) is 0 Å². The first-order valence-electron chi connectivity index (χ1n) is 8.03. The Hall–Kier alpha value is -0.890. The van der Waals surface area contributed by atoms with Gasteiger partial charge in [-0.2, -0.15) is 0 Å². The topological polar surface area (TPSA) is 24.9 Å². The van der Waals surface area contributed by atoms with Gasteiger partial charge < -0.3 is 5.32 Å². The van der Waals surface area contributed by atoms with Gasteiger partial charge in [0.25, 0.3) is 0 Å². The lowest BCUT2D eigenvalue weighted by Gasteiger charge is -2.32. The summed E-state index contributed by atoms with van der Waals surface area (Å²) in [5.74, 6) is 0.813. The minimum Gasteiger partial charge on any atom is -0.310 e. The van der Waals surface area contributed by atoms with Crippen LogP contribution < -0.4 is 5.32 Å². The fraction of sp³-hybridized carbons (Fsp3) is 0.706. The van der Waals surface area contributed by atoms with Crippen LogP contribution in [0.5, 0.6) is 0 Å². The van der Waals surface area contributed by atoms with Gasteiger partial charge in [-0.3, -0.25) is 4.98 Å². The van der Waals surface area contributed by atoms with Crippen LogP contribution in [0.4, 0.5) is 0 Å². The fourth-order valence-corrected chi connectivity index (χ4v) is 3.33. The molecule has 2 rings (SSSR count). The lowest BCUT2D eigenvalue weighted by atomic mass is 9.80. The summed E-state index contributed by atoms with van der Waals surface area (Å²) in [7, 11) is 0. The Labute approximate surface area is 118 Å². The van der Waals surface area contributed by atoms with Gasteiger partial charge >= 0.3 is 0 Å². The smallest absolute Gasteiger partial charge is 0.0352 e. The van der Waals surface area contributed by atoms with E-state index in [0.717, 1.165) is 18.9 Å². The molecular formula is C17H28N2. The maximum Gasteiger partial charge on any atom is 0.0352 e. The zero-order chi connectivity index (χ0) is 13.5. The Morgan fingerprint density at radius 2 is 2.05 bits per heavy atom. The molecule has 1 aliphatic carbocycles. The molecule has 2 heteroatoms. The van der Waals surface area contributed by atoms with Crippen LogP contribution in [0, 0.1) is 5.92 Å². The Morgan fingerprint density at radius 3 is 2.74 bits per heavy atom. The van der Waals surface area contributed by atoms with Crippen LogP contribution in [-0.2, 0) is 6.42 Å². The van der Waals surface area contributed by atoms with Crippen LogP contribution >= 0.6 is 0 Å². The van der Waals surface area contributed by atoms with Gasteiger partial charge in [-0.05, 0) is 55.3 Å². The van der Waals surface area contributed by atoms with Crippen molar-refractivity contribution in [2.75, 3.05) is 6.54 Å². The van der Waals surface area contributed by atoms with Gasteiger partial charge in [-0.15, -0.1) is 0 Å². The Kier molecular flexibility index (Phi) is 5.84. The highest BCUT2D eigenvalue weighted by Gasteiger charge is 2.25. The third-order valence-electron chi connectivity index (χ3n) is 4.39. The second-order valence-corrected chi connectivity index (χ2v) is 5.76. The highest BCUT2D eigenvalue weighted by atomic mass is 14.9. The second-order valence-electron chi connectivity index (χ2n) is 5.76. The molecule has 0 aliphatic heterocycles. The number of pyridine rings is 1. The van der Waals surface area contributed by atoms with E-state index < -0.39 is 0 Å². The number of nitrogens with one attached hydrogen (secondary N) is 1. The monoisotopic (exact) mass is 260 g/mol. The van der Waals surface area contributed by atoms with Crippen molar-refractivity contribution in [3.05, 3.63) is 29.6 Å². The molecule has 0 saturated heterocycles. The average molecular weight is 260 g/mol. The van der Waals surface area contributed by atoms with Gasteiger partial charge in [-0.1, -0.05) is 33.1 Å². The molecule has 1 saturated carbocycles. The van der Waals surface area contributed by atoms with Gasteiger partial charge in [-0.25, -0.2) is 0 Å². The summed E-state index contributed by atoms with van der Waals surface area (Å²) >= 11 is 0. The Bertz CT molecular complexity index is 369. The number of aromatic nitrogens is 1. The van der Waals surface area contributed by atoms with Crippen molar-refractivity contribution in [2.45, 2.75) is 64.8 Å². The quantitative estimate of drug-likeness (QED) is 0.826. The molecule has 0 aromatic carbocycles. The molecule has 0 bridgehead atoms. The predicted octanol–water partition coefficient (Wildman–Crippen LogP) is 4.27. The van der Waals surface area contributed by atoms with E-state index in [-0.39, 0.29) is 0 Å². The average Bonchev–Trinajstić information content (AvgIpc) is 2.49. The SMILES string of the molecule is CCCNC(c1ccncc1CC)C1CCCCC1. The molecule has 1 aliphatic rings. The normalized spacial score (nSPS) is 18.4. The van der Waals surface area contributed by atoms with E-state index in [1.807, 2.05) is 6.20 Å². The van der Waals surface area contributed by atoms with E-state index in [1.165, 1.54) is 49.7 Å². The summed E-state index contributed by atoms with van der Waals surface area (Å²) in [6, 6.07) is 2.78. The lowest BCUT2D eigenvalue weighted by Crippen LogP contribution is -2.31. The van der Waals surface area contributed by atoms with E-state index in [4.69, 9.17) is 0 Å². The summed E-state index contributed by atoms with van der Waals surface area (Å²) in [4.78, 5) is 4.30. The lowest BCUT2D eigenvalue weighted by molar-refractivity contribution is 0.271. The van der Waals surface area contributed by atoms with Crippen LogP contribution in [0.15, 0.2) is 18.5 Å². The molecule has 1 atom stereocenters. The van der Waals surface area contributed by atoms with Crippen LogP contribution in [-0.4, -0.2) is 11.5 Å². The minimum atomic E-state index is 0.540. The first-order valence-corrected chi connectivity index (χ1v) is 8.03. The maximum absolute atomic E-state index is 4.30. The van der Waals surface area contributed by atoms with E-state index in [9.17, 15) is 0 Å². The summed E-state index contributed by atoms with van der Waals surface area (Å²) in [6.07, 6.45) is 13.3. The van der Waals surface area contributed by atoms with Gasteiger partial charge in [0.05, 0.1) is 0 Å². The van der Waals surface area contributed by atoms with Crippen molar-refractivity contribution >= 4 is 0 Å². The van der Waals surface area contributed by atoms with Crippen molar-refractivity contribution in [3.63, 3.8) is 0 Å². The first kappa shape index (κ1) is 14.5. The van der Waals surface area contributed by atoms with Crippen LogP contribution in [0.2, 0.25) is 0 Å². The second kappa shape index (κ2) is 7.64. The molecule has 2 nitrogen and oxygen atoms in total. The fourth-order valence-electron chi connectivity index (χ4n) is 3.33. The van der Waals surface area contributed by atoms with Gasteiger partial charge in [0.1, 0.15) is 0 Å². The maximum atomic E-state index is 4.30. The minimum absolute atomic E-state index is 0.540. The molecule has 1 heterocycles. The van der Waals surface area contributed by atoms with Crippen molar-refractivity contribution in [2.24, 2.45) is 5.92 Å². The van der Waals surface area contributed by atoms with Gasteiger partial charge in [0, 0.05) is 18.4 Å². The summed E-state index contributed by atoms with van der Waals surface area (Å²) in [5, 5.41) is 3.80. The molecule has 1 N–H and O–H groups in total. The molecule has 0 amide bonds. The number of aryl methyl sites for hydroxylation is 1. The standard InChI is InChI=1S/C17H28N2/c1-3-11-19-17(15-8-6-5-7-9-15)16-10-12-18-13-14(16)4-2/h10,12-13,15,17,19H,3-9,11H2,1-2H3. The zero-order valence-corrected chi connectivity index (χ0v) is 12.5. The van der Waals surface area contributed by atoms with Gasteiger partial charge in [0.15, 0.2) is 0 Å². The molecular weight excluding hydrogens is 232 g/mol. The Balaban J connectivity index is 2.19. The number of hydrogen-bond donors (Lipinski definition) is 1. The summed E-state index contributed by atoms with van der Waals surface area (Å²) in [5.41, 5.74) is 2.92. The molecule has 1 fully saturated rings. The third kappa shape index (κ3) is 3.79. The van der Waals surface area contributed by atoms with Crippen LogP contribution in [0.25, 0.3) is 0 Å². The molecule has 19 heavy (non-hydrogen) atoms. The van der Waals surface area contributed by atoms with Crippen molar-refractivity contribution in [3.8, 4) is 0 Å². The highest BCUT2D eigenvalue weighted by Crippen LogP contribution is 2.35. The largest absolute Gasteiger partial charge is 0.310 e. The molecule has 0 spiro atoms. The molecule has 1 aromatic rings. The number of hydrogen-bond acceptors (Lipinski definition) is 2. The predicted molar refractivity (Wildman–Crippen MR) is 81.2 cm³/mol. The van der Waals surface area contributed by atoms with Crippen molar-refractivity contribution < 1.29 is 0 Å². The highest BCUT2D eigenvalue weighted by molar-refractivity contribution is 5.27. The number of nitrogens with zero attached hydrogens (tertiary/aromatic N) is 1. The Morgan fingerprint density at radius 1 is 1.26 bits per heavy atom. The van der Waals surface area contributed by atoms with E-state index in [0.29, 0.717) is 6.04 Å². The molecule has 1 unspecified atom stereocenters. The zero-order valence-electron chi connectivity index (χ0n) is 12.5. The molecule has 106 valence electrons. The first-order chi connectivity index (χ1) is 9.36. The van der Waals surface area contributed by atoms with Crippen LogP contribution in [0.1, 0.15) is 69.5 Å². The number of rotatable bonds is 6. The van der Waals surface area contributed by atoms with Crippen molar-refractivity contribution in [1.29, 1.82) is 0 Å². The summed E-state index contributed by atoms with van der Waals surface area (Å²) < 4.78 is 0. The van der Waals surface area contributed by atoms with Crippen molar-refractivity contribution in [1.82, 2.24) is 10.3 Å². The van der Waals surface area contributed by atoms with E-state index >= 15 is 0 Å². The van der Waals surface area contributed by atoms with E-state index in [2.05, 4.69) is 36.4 Å². The third-order valence-corrected chi connectivity index (χ3v) is 4.39. The van der Waals surface area contributed by atoms with E-state index in [1.54, 1.807) is 0 Å².